The number of carboxylic acid groups (broad SMARTS) is 2. The van der Waals surface area contributed by atoms with Crippen LogP contribution in [0.4, 0.5) is 0 Å². The summed E-state index contributed by atoms with van der Waals surface area (Å²) < 4.78 is 7.91. The van der Waals surface area contributed by atoms with Gasteiger partial charge in [0.1, 0.15) is 23.7 Å². The number of pyridine rings is 1. The SMILES string of the molecule is CN(C)CCOc1ccccc1-n1nc(-c2ccccc2)c2cccnc21.O=C(O)/C=C\C(=O)O. The first-order valence-corrected chi connectivity index (χ1v) is 10.8. The normalized spacial score (nSPS) is 10.8. The van der Waals surface area contributed by atoms with Crippen LogP contribution in [0.25, 0.3) is 28.0 Å². The zero-order valence-corrected chi connectivity index (χ0v) is 19.4. The molecule has 2 heterocycles. The maximum atomic E-state index is 9.55. The Morgan fingerprint density at radius 3 is 2.26 bits per heavy atom. The van der Waals surface area contributed by atoms with Crippen LogP contribution < -0.4 is 4.74 Å². The highest BCUT2D eigenvalue weighted by Crippen LogP contribution is 2.31. The Labute approximate surface area is 202 Å². The number of carbonyl (C=O) groups is 2. The van der Waals surface area contributed by atoms with Gasteiger partial charge in [0.05, 0.1) is 0 Å². The molecule has 0 radical (unpaired) electrons. The lowest BCUT2D eigenvalue weighted by Crippen LogP contribution is -2.19. The van der Waals surface area contributed by atoms with Crippen molar-refractivity contribution in [2.75, 3.05) is 27.2 Å². The Morgan fingerprint density at radius 2 is 1.60 bits per heavy atom. The van der Waals surface area contributed by atoms with Crippen molar-refractivity contribution in [3.05, 3.63) is 85.1 Å². The number of aliphatic carboxylic acids is 2. The molecule has 0 aliphatic heterocycles. The fourth-order valence-corrected chi connectivity index (χ4v) is 3.16. The van der Waals surface area contributed by atoms with Crippen LogP contribution in [-0.2, 0) is 9.59 Å². The molecule has 0 saturated heterocycles. The van der Waals surface area contributed by atoms with Crippen LogP contribution in [0.5, 0.6) is 5.75 Å². The van der Waals surface area contributed by atoms with Crippen molar-refractivity contribution in [2.24, 2.45) is 0 Å². The second-order valence-corrected chi connectivity index (χ2v) is 7.63. The molecule has 2 aromatic carbocycles. The third-order valence-corrected chi connectivity index (χ3v) is 4.75. The molecule has 0 bridgehead atoms. The van der Waals surface area contributed by atoms with Crippen molar-refractivity contribution in [3.8, 4) is 22.7 Å². The zero-order chi connectivity index (χ0) is 25.2. The average molecular weight is 475 g/mol. The van der Waals surface area contributed by atoms with Gasteiger partial charge in [0.25, 0.3) is 0 Å². The van der Waals surface area contributed by atoms with Crippen LogP contribution in [0.3, 0.4) is 0 Å². The minimum atomic E-state index is -1.26. The summed E-state index contributed by atoms with van der Waals surface area (Å²) in [5, 5.41) is 21.5. The standard InChI is InChI=1S/C22H22N4O.C4H4O4/c1-25(2)15-16-27-20-13-7-6-12-19(20)26-22-18(11-8-14-23-22)21(24-26)17-9-4-3-5-10-17;5-3(6)1-2-4(7)8/h3-14H,15-16H2,1-2H3;1-2H,(H,5,6)(H,7,8)/b;2-1-. The van der Waals surface area contributed by atoms with E-state index < -0.39 is 11.9 Å². The number of carboxylic acids is 2. The van der Waals surface area contributed by atoms with Gasteiger partial charge in [0.2, 0.25) is 0 Å². The Morgan fingerprint density at radius 1 is 0.943 bits per heavy atom. The fraction of sp³-hybridized carbons (Fsp3) is 0.154. The van der Waals surface area contributed by atoms with Crippen LogP contribution in [0.15, 0.2) is 85.1 Å². The van der Waals surface area contributed by atoms with Crippen LogP contribution in [0.1, 0.15) is 0 Å². The van der Waals surface area contributed by atoms with Crippen LogP contribution in [0, 0.1) is 0 Å². The minimum Gasteiger partial charge on any atom is -0.490 e. The number of ether oxygens (including phenoxy) is 1. The summed E-state index contributed by atoms with van der Waals surface area (Å²) in [6.07, 6.45) is 2.91. The molecule has 0 amide bonds. The smallest absolute Gasteiger partial charge is 0.328 e. The second-order valence-electron chi connectivity index (χ2n) is 7.63. The summed E-state index contributed by atoms with van der Waals surface area (Å²) in [6.45, 7) is 1.46. The van der Waals surface area contributed by atoms with E-state index in [0.29, 0.717) is 18.8 Å². The number of fused-ring (bicyclic) bond motifs is 1. The molecule has 2 N–H and O–H groups in total. The third kappa shape index (κ3) is 6.99. The van der Waals surface area contributed by atoms with Gasteiger partial charge in [0, 0.05) is 35.8 Å². The molecule has 4 rings (SSSR count). The van der Waals surface area contributed by atoms with E-state index in [2.05, 4.69) is 28.1 Å². The van der Waals surface area contributed by atoms with E-state index in [1.54, 1.807) is 6.20 Å². The number of aromatic nitrogens is 3. The first-order chi connectivity index (χ1) is 16.9. The molecule has 0 spiro atoms. The summed E-state index contributed by atoms with van der Waals surface area (Å²) in [5.74, 6) is -1.71. The molecular formula is C26H26N4O5. The molecule has 180 valence electrons. The molecule has 0 atom stereocenters. The molecule has 35 heavy (non-hydrogen) atoms. The topological polar surface area (TPSA) is 118 Å². The molecule has 9 nitrogen and oxygen atoms in total. The Hall–Kier alpha value is -4.50. The third-order valence-electron chi connectivity index (χ3n) is 4.75. The first kappa shape index (κ1) is 25.1. The van der Waals surface area contributed by atoms with Crippen LogP contribution in [0.2, 0.25) is 0 Å². The molecule has 0 fully saturated rings. The van der Waals surface area contributed by atoms with Crippen molar-refractivity contribution in [1.82, 2.24) is 19.7 Å². The summed E-state index contributed by atoms with van der Waals surface area (Å²) in [4.78, 5) is 25.8. The van der Waals surface area contributed by atoms with Crippen molar-refractivity contribution in [1.29, 1.82) is 0 Å². The van der Waals surface area contributed by atoms with Crippen molar-refractivity contribution >= 4 is 23.0 Å². The predicted octanol–water partition coefficient (Wildman–Crippen LogP) is 3.74. The van der Waals surface area contributed by atoms with E-state index in [1.807, 2.05) is 67.3 Å². The van der Waals surface area contributed by atoms with Gasteiger partial charge in [-0.15, -0.1) is 0 Å². The van der Waals surface area contributed by atoms with Crippen molar-refractivity contribution < 1.29 is 24.5 Å². The highest BCUT2D eigenvalue weighted by atomic mass is 16.5. The number of rotatable bonds is 8. The first-order valence-electron chi connectivity index (χ1n) is 10.8. The number of benzene rings is 2. The van der Waals surface area contributed by atoms with E-state index in [9.17, 15) is 9.59 Å². The maximum Gasteiger partial charge on any atom is 0.328 e. The summed E-state index contributed by atoms with van der Waals surface area (Å²) >= 11 is 0. The van der Waals surface area contributed by atoms with Gasteiger partial charge in [0.15, 0.2) is 5.65 Å². The molecule has 0 unspecified atom stereocenters. The highest BCUT2D eigenvalue weighted by Gasteiger charge is 2.16. The fourth-order valence-electron chi connectivity index (χ4n) is 3.16. The molecule has 0 saturated carbocycles. The van der Waals surface area contributed by atoms with Crippen LogP contribution in [-0.4, -0.2) is 69.1 Å². The number of likely N-dealkylation sites (N-methyl/N-ethyl adjacent to an activating group) is 1. The van der Waals surface area contributed by atoms with E-state index >= 15 is 0 Å². The lowest BCUT2D eigenvalue weighted by atomic mass is 10.1. The van der Waals surface area contributed by atoms with Gasteiger partial charge in [-0.25, -0.2) is 19.3 Å². The Kier molecular flexibility index (Phi) is 8.69. The van der Waals surface area contributed by atoms with Crippen molar-refractivity contribution in [2.45, 2.75) is 0 Å². The summed E-state index contributed by atoms with van der Waals surface area (Å²) in [7, 11) is 4.07. The number of hydrogen-bond donors (Lipinski definition) is 2. The average Bonchev–Trinajstić information content (AvgIpc) is 3.23. The predicted molar refractivity (Wildman–Crippen MR) is 133 cm³/mol. The number of para-hydroxylation sites is 2. The zero-order valence-electron chi connectivity index (χ0n) is 19.4. The van der Waals surface area contributed by atoms with Gasteiger partial charge in [-0.05, 0) is 38.4 Å². The van der Waals surface area contributed by atoms with Gasteiger partial charge in [-0.2, -0.15) is 5.10 Å². The van der Waals surface area contributed by atoms with Gasteiger partial charge < -0.3 is 19.8 Å². The lowest BCUT2D eigenvalue weighted by molar-refractivity contribution is -0.134. The van der Waals surface area contributed by atoms with E-state index in [4.69, 9.17) is 20.0 Å². The molecule has 0 aliphatic carbocycles. The molecule has 2 aromatic heterocycles. The second kappa shape index (κ2) is 12.1. The largest absolute Gasteiger partial charge is 0.490 e. The number of hydrogen-bond acceptors (Lipinski definition) is 6. The van der Waals surface area contributed by atoms with E-state index in [-0.39, 0.29) is 0 Å². The summed E-state index contributed by atoms with van der Waals surface area (Å²) in [5.41, 5.74) is 3.70. The van der Waals surface area contributed by atoms with Crippen LogP contribution >= 0.6 is 0 Å². The Bertz CT molecular complexity index is 1300. The van der Waals surface area contributed by atoms with E-state index in [1.165, 1.54) is 0 Å². The molecular weight excluding hydrogens is 448 g/mol. The maximum absolute atomic E-state index is 9.55. The molecule has 4 aromatic rings. The number of nitrogens with zero attached hydrogens (tertiary/aromatic N) is 4. The van der Waals surface area contributed by atoms with E-state index in [0.717, 1.165) is 40.3 Å². The Balaban J connectivity index is 0.000000371. The van der Waals surface area contributed by atoms with Gasteiger partial charge >= 0.3 is 11.9 Å². The lowest BCUT2D eigenvalue weighted by Gasteiger charge is -2.14. The minimum absolute atomic E-state index is 0.558. The molecule has 0 aliphatic rings. The van der Waals surface area contributed by atoms with Gasteiger partial charge in [-0.1, -0.05) is 42.5 Å². The summed E-state index contributed by atoms with van der Waals surface area (Å²) in [6, 6.07) is 22.2. The monoisotopic (exact) mass is 474 g/mol. The highest BCUT2D eigenvalue weighted by molar-refractivity contribution is 5.92. The van der Waals surface area contributed by atoms with Crippen molar-refractivity contribution in [3.63, 3.8) is 0 Å². The molecule has 9 heteroatoms. The quantitative estimate of drug-likeness (QED) is 0.371. The van der Waals surface area contributed by atoms with Gasteiger partial charge in [-0.3, -0.25) is 0 Å².